The third-order valence-corrected chi connectivity index (χ3v) is 4.97. The Morgan fingerprint density at radius 2 is 1.79 bits per heavy atom. The predicted molar refractivity (Wildman–Crippen MR) is 103 cm³/mol. The quantitative estimate of drug-likeness (QED) is 0.561. The highest BCUT2D eigenvalue weighted by molar-refractivity contribution is 7.17. The van der Waals surface area contributed by atoms with Gasteiger partial charge in [-0.2, -0.15) is 4.98 Å². The first-order chi connectivity index (χ1) is 11.7. The normalized spacial score (nSPS) is 11.0. The Balaban J connectivity index is 2.14. The van der Waals surface area contributed by atoms with Crippen molar-refractivity contribution in [3.63, 3.8) is 0 Å². The fourth-order valence-electron chi connectivity index (χ4n) is 2.76. The average molecular weight is 362 g/mol. The van der Waals surface area contributed by atoms with Crippen molar-refractivity contribution < 1.29 is 4.74 Å². The highest BCUT2D eigenvalue weighted by Crippen LogP contribution is 2.39. The lowest BCUT2D eigenvalue weighted by atomic mass is 10.1. The van der Waals surface area contributed by atoms with Gasteiger partial charge in [0.05, 0.1) is 12.0 Å². The molecule has 0 saturated carbocycles. The molecule has 0 atom stereocenters. The van der Waals surface area contributed by atoms with Crippen LogP contribution in [0.5, 0.6) is 5.75 Å². The van der Waals surface area contributed by atoms with Gasteiger partial charge in [-0.25, -0.2) is 4.98 Å². The summed E-state index contributed by atoms with van der Waals surface area (Å²) in [6, 6.07) is 8.15. The Morgan fingerprint density at radius 3 is 2.42 bits per heavy atom. The second-order valence-corrected chi connectivity index (χ2v) is 6.47. The van der Waals surface area contributed by atoms with Crippen LogP contribution < -0.4 is 9.64 Å². The van der Waals surface area contributed by atoms with Gasteiger partial charge in [0.2, 0.25) is 5.28 Å². The summed E-state index contributed by atoms with van der Waals surface area (Å²) in [5.41, 5.74) is 2.26. The maximum atomic E-state index is 6.13. The molecule has 0 aliphatic heterocycles. The van der Waals surface area contributed by atoms with E-state index in [1.54, 1.807) is 11.3 Å². The molecular formula is C18H20ClN3OS. The van der Waals surface area contributed by atoms with Crippen LogP contribution in [-0.4, -0.2) is 29.7 Å². The monoisotopic (exact) mass is 361 g/mol. The molecule has 0 bridgehead atoms. The van der Waals surface area contributed by atoms with Gasteiger partial charge in [-0.05, 0) is 50.1 Å². The van der Waals surface area contributed by atoms with Crippen molar-refractivity contribution in [3.05, 3.63) is 34.9 Å². The number of hydrogen-bond acceptors (Lipinski definition) is 5. The molecule has 0 aliphatic rings. The third-order valence-electron chi connectivity index (χ3n) is 3.93. The van der Waals surface area contributed by atoms with Crippen LogP contribution >= 0.6 is 22.9 Å². The zero-order valence-corrected chi connectivity index (χ0v) is 15.6. The van der Waals surface area contributed by atoms with Gasteiger partial charge in [0.1, 0.15) is 16.4 Å². The van der Waals surface area contributed by atoms with Gasteiger partial charge in [0.15, 0.2) is 0 Å². The van der Waals surface area contributed by atoms with Crippen LogP contribution in [0, 0.1) is 0 Å². The number of hydrogen-bond donors (Lipinski definition) is 0. The molecule has 2 aromatic heterocycles. The van der Waals surface area contributed by atoms with Crippen molar-refractivity contribution in [1.82, 2.24) is 9.97 Å². The molecular weight excluding hydrogens is 342 g/mol. The van der Waals surface area contributed by atoms with Crippen molar-refractivity contribution in [1.29, 1.82) is 0 Å². The standard InChI is InChI=1S/C18H20ClN3OS/c1-4-22(5-2)16-15-14(11-24-17(15)21-18(19)20-16)12-7-9-13(10-8-12)23-6-3/h7-11H,4-6H2,1-3H3. The molecule has 0 spiro atoms. The maximum Gasteiger partial charge on any atom is 0.225 e. The van der Waals surface area contributed by atoms with Crippen molar-refractivity contribution in [2.75, 3.05) is 24.6 Å². The highest BCUT2D eigenvalue weighted by atomic mass is 35.5. The Kier molecular flexibility index (Phi) is 5.21. The minimum absolute atomic E-state index is 0.296. The van der Waals surface area contributed by atoms with E-state index in [1.165, 1.54) is 0 Å². The van der Waals surface area contributed by atoms with E-state index in [1.807, 2.05) is 19.1 Å². The molecule has 4 nitrogen and oxygen atoms in total. The summed E-state index contributed by atoms with van der Waals surface area (Å²) in [6.07, 6.45) is 0. The van der Waals surface area contributed by atoms with Gasteiger partial charge in [0.25, 0.3) is 0 Å². The topological polar surface area (TPSA) is 38.3 Å². The Hall–Kier alpha value is -1.85. The summed E-state index contributed by atoms with van der Waals surface area (Å²) in [5, 5.41) is 3.49. The Bertz CT molecular complexity index is 828. The lowest BCUT2D eigenvalue weighted by Gasteiger charge is -2.21. The summed E-state index contributed by atoms with van der Waals surface area (Å²) in [4.78, 5) is 12.0. The molecule has 24 heavy (non-hydrogen) atoms. The highest BCUT2D eigenvalue weighted by Gasteiger charge is 2.18. The molecule has 2 heterocycles. The zero-order chi connectivity index (χ0) is 17.1. The van der Waals surface area contributed by atoms with Gasteiger partial charge >= 0.3 is 0 Å². The van der Waals surface area contributed by atoms with Crippen molar-refractivity contribution in [2.45, 2.75) is 20.8 Å². The van der Waals surface area contributed by atoms with E-state index in [9.17, 15) is 0 Å². The third kappa shape index (κ3) is 3.19. The number of aromatic nitrogens is 2. The number of benzene rings is 1. The van der Waals surface area contributed by atoms with Crippen molar-refractivity contribution >= 4 is 39.0 Å². The zero-order valence-electron chi connectivity index (χ0n) is 14.0. The molecule has 0 radical (unpaired) electrons. The number of ether oxygens (including phenoxy) is 1. The maximum absolute atomic E-state index is 6.13. The minimum Gasteiger partial charge on any atom is -0.494 e. The summed E-state index contributed by atoms with van der Waals surface area (Å²) in [5.74, 6) is 1.78. The van der Waals surface area contributed by atoms with Crippen LogP contribution in [0.1, 0.15) is 20.8 Å². The first-order valence-electron chi connectivity index (χ1n) is 8.10. The van der Waals surface area contributed by atoms with Crippen LogP contribution in [0.3, 0.4) is 0 Å². The molecule has 0 unspecified atom stereocenters. The van der Waals surface area contributed by atoms with E-state index < -0.39 is 0 Å². The number of rotatable bonds is 6. The fraction of sp³-hybridized carbons (Fsp3) is 0.333. The smallest absolute Gasteiger partial charge is 0.225 e. The number of nitrogens with zero attached hydrogens (tertiary/aromatic N) is 3. The van der Waals surface area contributed by atoms with Crippen LogP contribution in [0.25, 0.3) is 21.3 Å². The van der Waals surface area contributed by atoms with Gasteiger partial charge in [0, 0.05) is 24.0 Å². The van der Waals surface area contributed by atoms with Crippen LogP contribution in [0.4, 0.5) is 5.82 Å². The van der Waals surface area contributed by atoms with Crippen molar-refractivity contribution in [3.8, 4) is 16.9 Å². The summed E-state index contributed by atoms with van der Waals surface area (Å²) in [6.45, 7) is 8.63. The summed E-state index contributed by atoms with van der Waals surface area (Å²) >= 11 is 7.73. The first-order valence-corrected chi connectivity index (χ1v) is 9.36. The number of thiophene rings is 1. The van der Waals surface area contributed by atoms with Gasteiger partial charge in [-0.3, -0.25) is 0 Å². The number of halogens is 1. The largest absolute Gasteiger partial charge is 0.494 e. The molecule has 0 aliphatic carbocycles. The number of anilines is 1. The Morgan fingerprint density at radius 1 is 1.08 bits per heavy atom. The van der Waals surface area contributed by atoms with Gasteiger partial charge in [-0.15, -0.1) is 11.3 Å². The van der Waals surface area contributed by atoms with E-state index >= 15 is 0 Å². The van der Waals surface area contributed by atoms with Crippen LogP contribution in [0.15, 0.2) is 29.6 Å². The molecule has 0 amide bonds. The Labute approximate surface area is 151 Å². The fourth-order valence-corrected chi connectivity index (χ4v) is 3.92. The lowest BCUT2D eigenvalue weighted by molar-refractivity contribution is 0.340. The molecule has 6 heteroatoms. The van der Waals surface area contributed by atoms with E-state index in [4.69, 9.17) is 16.3 Å². The van der Waals surface area contributed by atoms with E-state index in [-0.39, 0.29) is 0 Å². The molecule has 126 valence electrons. The molecule has 3 aromatic rings. The second-order valence-electron chi connectivity index (χ2n) is 5.28. The van der Waals surface area contributed by atoms with E-state index in [0.717, 1.165) is 46.0 Å². The second kappa shape index (κ2) is 7.36. The van der Waals surface area contributed by atoms with E-state index in [0.29, 0.717) is 11.9 Å². The van der Waals surface area contributed by atoms with Crippen LogP contribution in [0.2, 0.25) is 5.28 Å². The predicted octanol–water partition coefficient (Wildman–Crippen LogP) is 5.26. The van der Waals surface area contributed by atoms with Crippen LogP contribution in [-0.2, 0) is 0 Å². The van der Waals surface area contributed by atoms with E-state index in [2.05, 4.69) is 46.2 Å². The molecule has 0 saturated heterocycles. The average Bonchev–Trinajstić information content (AvgIpc) is 3.00. The first kappa shape index (κ1) is 17.0. The SMILES string of the molecule is CCOc1ccc(-c2csc3nc(Cl)nc(N(CC)CC)c23)cc1. The van der Waals surface area contributed by atoms with Gasteiger partial charge in [-0.1, -0.05) is 12.1 Å². The van der Waals surface area contributed by atoms with Gasteiger partial charge < -0.3 is 9.64 Å². The minimum atomic E-state index is 0.296. The summed E-state index contributed by atoms with van der Waals surface area (Å²) < 4.78 is 5.53. The molecule has 0 N–H and O–H groups in total. The van der Waals surface area contributed by atoms with Crippen molar-refractivity contribution in [2.24, 2.45) is 0 Å². The summed E-state index contributed by atoms with van der Waals surface area (Å²) in [7, 11) is 0. The number of fused-ring (bicyclic) bond motifs is 1. The molecule has 0 fully saturated rings. The molecule has 1 aromatic carbocycles. The lowest BCUT2D eigenvalue weighted by Crippen LogP contribution is -2.23. The molecule has 3 rings (SSSR count).